The summed E-state index contributed by atoms with van der Waals surface area (Å²) in [6, 6.07) is 7.21. The van der Waals surface area contributed by atoms with Crippen molar-refractivity contribution in [3.05, 3.63) is 29.3 Å². The van der Waals surface area contributed by atoms with Crippen LogP contribution in [0, 0.1) is 0 Å². The second-order valence-corrected chi connectivity index (χ2v) is 4.51. The molecule has 1 aliphatic heterocycles. The Morgan fingerprint density at radius 3 is 3.06 bits per heavy atom. The zero-order valence-corrected chi connectivity index (χ0v) is 10.3. The van der Waals surface area contributed by atoms with Crippen molar-refractivity contribution >= 4 is 23.2 Å². The van der Waals surface area contributed by atoms with Gasteiger partial charge in [-0.1, -0.05) is 17.7 Å². The Bertz CT molecular complexity index is 410. The molecule has 3 N–H and O–H groups in total. The maximum absolute atomic E-state index is 11.8. The van der Waals surface area contributed by atoms with Crippen molar-refractivity contribution in [3.8, 4) is 0 Å². The van der Waals surface area contributed by atoms with Gasteiger partial charge < -0.3 is 16.0 Å². The van der Waals surface area contributed by atoms with Crippen molar-refractivity contribution in [2.75, 3.05) is 24.5 Å². The van der Waals surface area contributed by atoms with Crippen LogP contribution in [0.25, 0.3) is 0 Å². The van der Waals surface area contributed by atoms with Crippen LogP contribution in [0.15, 0.2) is 24.3 Å². The Labute approximate surface area is 106 Å². The number of benzene rings is 1. The predicted octanol–water partition coefficient (Wildman–Crippen LogP) is 0.994. The molecule has 0 spiro atoms. The predicted molar refractivity (Wildman–Crippen MR) is 69.3 cm³/mol. The molecular formula is C12H16ClN3O. The minimum Gasteiger partial charge on any atom is -0.358 e. The molecule has 1 aromatic rings. The van der Waals surface area contributed by atoms with E-state index in [1.54, 1.807) is 0 Å². The van der Waals surface area contributed by atoms with Crippen molar-refractivity contribution in [1.82, 2.24) is 5.32 Å². The van der Waals surface area contributed by atoms with E-state index in [9.17, 15) is 4.79 Å². The zero-order valence-electron chi connectivity index (χ0n) is 9.53. The average Bonchev–Trinajstić information content (AvgIpc) is 2.50. The summed E-state index contributed by atoms with van der Waals surface area (Å²) in [6.07, 6.45) is 0.911. The van der Waals surface area contributed by atoms with Crippen LogP contribution in [-0.2, 0) is 4.79 Å². The summed E-state index contributed by atoms with van der Waals surface area (Å²) in [5.41, 5.74) is 6.64. The monoisotopic (exact) mass is 253 g/mol. The number of hydrogen-bond acceptors (Lipinski definition) is 3. The van der Waals surface area contributed by atoms with Crippen LogP contribution in [0.4, 0.5) is 5.69 Å². The lowest BCUT2D eigenvalue weighted by Crippen LogP contribution is -2.49. The number of rotatable bonds is 2. The van der Waals surface area contributed by atoms with Crippen molar-refractivity contribution in [1.29, 1.82) is 0 Å². The number of anilines is 1. The molecule has 5 heteroatoms. The maximum atomic E-state index is 11.8. The van der Waals surface area contributed by atoms with Crippen molar-refractivity contribution in [2.45, 2.75) is 12.5 Å². The van der Waals surface area contributed by atoms with Gasteiger partial charge in [0, 0.05) is 30.3 Å². The van der Waals surface area contributed by atoms with E-state index in [0.717, 1.165) is 18.7 Å². The number of amides is 1. The molecule has 1 aromatic carbocycles. The molecule has 1 unspecified atom stereocenters. The molecule has 1 fully saturated rings. The van der Waals surface area contributed by atoms with Crippen molar-refractivity contribution in [3.63, 3.8) is 0 Å². The fourth-order valence-electron chi connectivity index (χ4n) is 2.07. The van der Waals surface area contributed by atoms with E-state index in [2.05, 4.69) is 5.32 Å². The van der Waals surface area contributed by atoms with Gasteiger partial charge in [-0.15, -0.1) is 0 Å². The smallest absolute Gasteiger partial charge is 0.244 e. The summed E-state index contributed by atoms with van der Waals surface area (Å²) in [5, 5.41) is 3.54. The van der Waals surface area contributed by atoms with Crippen LogP contribution < -0.4 is 16.0 Å². The molecule has 0 aromatic heterocycles. The lowest BCUT2D eigenvalue weighted by Gasteiger charge is -2.29. The Kier molecular flexibility index (Phi) is 3.86. The van der Waals surface area contributed by atoms with Gasteiger partial charge in [-0.05, 0) is 24.6 Å². The van der Waals surface area contributed by atoms with Gasteiger partial charge in [0.25, 0.3) is 0 Å². The number of nitrogens with one attached hydrogen (secondary N) is 1. The number of carbonyl (C=O) groups excluding carboxylic acids is 1. The average molecular weight is 254 g/mol. The molecule has 0 saturated carbocycles. The Morgan fingerprint density at radius 1 is 1.53 bits per heavy atom. The van der Waals surface area contributed by atoms with Gasteiger partial charge in [0.15, 0.2) is 0 Å². The molecular weight excluding hydrogens is 238 g/mol. The maximum Gasteiger partial charge on any atom is 0.244 e. The van der Waals surface area contributed by atoms with Crippen molar-refractivity contribution in [2.24, 2.45) is 5.73 Å². The van der Waals surface area contributed by atoms with Gasteiger partial charge in [0.1, 0.15) is 6.04 Å². The quantitative estimate of drug-likeness (QED) is 0.827. The third-order valence-electron chi connectivity index (χ3n) is 2.92. The minimum absolute atomic E-state index is 0.00928. The SMILES string of the molecule is NCC1C(=O)NCCCN1c1cccc(Cl)c1. The summed E-state index contributed by atoms with van der Waals surface area (Å²) in [4.78, 5) is 13.9. The summed E-state index contributed by atoms with van der Waals surface area (Å²) < 4.78 is 0. The highest BCUT2D eigenvalue weighted by molar-refractivity contribution is 6.30. The van der Waals surface area contributed by atoms with Crippen LogP contribution in [0.2, 0.25) is 5.02 Å². The van der Waals surface area contributed by atoms with Crippen LogP contribution in [-0.4, -0.2) is 31.6 Å². The number of halogens is 1. The molecule has 1 heterocycles. The highest BCUT2D eigenvalue weighted by atomic mass is 35.5. The lowest BCUT2D eigenvalue weighted by atomic mass is 10.2. The highest BCUT2D eigenvalue weighted by Crippen LogP contribution is 2.22. The fourth-order valence-corrected chi connectivity index (χ4v) is 2.26. The molecule has 0 radical (unpaired) electrons. The number of nitrogens with zero attached hydrogens (tertiary/aromatic N) is 1. The molecule has 0 bridgehead atoms. The van der Waals surface area contributed by atoms with Gasteiger partial charge in [-0.2, -0.15) is 0 Å². The third kappa shape index (κ3) is 2.70. The van der Waals surface area contributed by atoms with E-state index in [0.29, 0.717) is 18.1 Å². The van der Waals surface area contributed by atoms with Crippen LogP contribution >= 0.6 is 11.6 Å². The lowest BCUT2D eigenvalue weighted by molar-refractivity contribution is -0.121. The Hall–Kier alpha value is -1.26. The van der Waals surface area contributed by atoms with Gasteiger partial charge >= 0.3 is 0 Å². The summed E-state index contributed by atoms with van der Waals surface area (Å²) in [6.45, 7) is 1.81. The third-order valence-corrected chi connectivity index (χ3v) is 3.15. The molecule has 1 aliphatic rings. The Morgan fingerprint density at radius 2 is 2.35 bits per heavy atom. The molecule has 2 rings (SSSR count). The van der Waals surface area contributed by atoms with E-state index < -0.39 is 0 Å². The first-order valence-corrected chi connectivity index (χ1v) is 6.10. The summed E-state index contributed by atoms with van der Waals surface area (Å²) in [7, 11) is 0. The van der Waals surface area contributed by atoms with Crippen LogP contribution in [0.1, 0.15) is 6.42 Å². The second-order valence-electron chi connectivity index (χ2n) is 4.07. The molecule has 0 aliphatic carbocycles. The molecule has 17 heavy (non-hydrogen) atoms. The van der Waals surface area contributed by atoms with E-state index in [1.165, 1.54) is 0 Å². The molecule has 1 amide bonds. The van der Waals surface area contributed by atoms with E-state index in [1.807, 2.05) is 29.2 Å². The molecule has 1 atom stereocenters. The first-order valence-electron chi connectivity index (χ1n) is 5.72. The second kappa shape index (κ2) is 5.38. The van der Waals surface area contributed by atoms with Gasteiger partial charge in [-0.25, -0.2) is 0 Å². The number of nitrogens with two attached hydrogens (primary N) is 1. The molecule has 4 nitrogen and oxygen atoms in total. The fraction of sp³-hybridized carbons (Fsp3) is 0.417. The number of carbonyl (C=O) groups is 1. The van der Waals surface area contributed by atoms with Crippen LogP contribution in [0.3, 0.4) is 0 Å². The number of hydrogen-bond donors (Lipinski definition) is 2. The van der Waals surface area contributed by atoms with Crippen LogP contribution in [0.5, 0.6) is 0 Å². The first kappa shape index (κ1) is 12.2. The molecule has 92 valence electrons. The van der Waals surface area contributed by atoms with E-state index in [4.69, 9.17) is 17.3 Å². The highest BCUT2D eigenvalue weighted by Gasteiger charge is 2.26. The van der Waals surface area contributed by atoms with E-state index >= 15 is 0 Å². The zero-order chi connectivity index (χ0) is 12.3. The minimum atomic E-state index is -0.309. The van der Waals surface area contributed by atoms with Crippen molar-refractivity contribution < 1.29 is 4.79 Å². The first-order chi connectivity index (χ1) is 8.22. The van der Waals surface area contributed by atoms with Gasteiger partial charge in [-0.3, -0.25) is 4.79 Å². The summed E-state index contributed by atoms with van der Waals surface area (Å²) in [5.74, 6) is -0.00928. The Balaban J connectivity index is 2.30. The topological polar surface area (TPSA) is 58.4 Å². The van der Waals surface area contributed by atoms with E-state index in [-0.39, 0.29) is 11.9 Å². The molecule has 1 saturated heterocycles. The normalized spacial score (nSPS) is 20.9. The van der Waals surface area contributed by atoms with Gasteiger partial charge in [0.2, 0.25) is 5.91 Å². The standard InChI is InChI=1S/C12H16ClN3O/c13-9-3-1-4-10(7-9)16-6-2-5-15-12(17)11(16)8-14/h1,3-4,7,11H,2,5-6,8,14H2,(H,15,17). The summed E-state index contributed by atoms with van der Waals surface area (Å²) >= 11 is 5.97. The van der Waals surface area contributed by atoms with Gasteiger partial charge in [0.05, 0.1) is 0 Å². The largest absolute Gasteiger partial charge is 0.358 e.